The molecule has 0 aromatic heterocycles. The van der Waals surface area contributed by atoms with Gasteiger partial charge >= 0.3 is 0 Å². The van der Waals surface area contributed by atoms with Crippen LogP contribution in [0.1, 0.15) is 53.6 Å². The van der Waals surface area contributed by atoms with E-state index in [9.17, 15) is 8.42 Å². The van der Waals surface area contributed by atoms with E-state index in [-0.39, 0.29) is 11.4 Å². The summed E-state index contributed by atoms with van der Waals surface area (Å²) in [7, 11) is -3.44. The lowest BCUT2D eigenvalue weighted by molar-refractivity contribution is 0.594. The first-order chi connectivity index (χ1) is 17.4. The molecule has 0 saturated heterocycles. The van der Waals surface area contributed by atoms with Gasteiger partial charge in [0.05, 0.1) is 23.4 Å². The maximum absolute atomic E-state index is 13.1. The summed E-state index contributed by atoms with van der Waals surface area (Å²) < 4.78 is 27.8. The van der Waals surface area contributed by atoms with Gasteiger partial charge in [0.1, 0.15) is 0 Å². The molecule has 2 heterocycles. The van der Waals surface area contributed by atoms with Crippen LogP contribution in [0, 0.1) is 24.7 Å². The van der Waals surface area contributed by atoms with Crippen molar-refractivity contribution in [2.45, 2.75) is 49.4 Å². The number of sulfonamides is 1. The molecule has 36 heavy (non-hydrogen) atoms. The van der Waals surface area contributed by atoms with E-state index in [0.717, 1.165) is 22.4 Å². The van der Waals surface area contributed by atoms with Crippen LogP contribution in [0.3, 0.4) is 0 Å². The summed E-state index contributed by atoms with van der Waals surface area (Å²) in [6, 6.07) is 21.1. The normalized spacial score (nSPS) is 21.0. The molecule has 0 N–H and O–H groups in total. The second kappa shape index (κ2) is 8.90. The van der Waals surface area contributed by atoms with Crippen molar-refractivity contribution in [3.63, 3.8) is 0 Å². The fourth-order valence-electron chi connectivity index (χ4n) is 5.84. The predicted octanol–water partition coefficient (Wildman–Crippen LogP) is 6.13. The molecule has 1 aliphatic carbocycles. The Bertz CT molecular complexity index is 1490. The average molecular weight is 515 g/mol. The van der Waals surface area contributed by atoms with Crippen molar-refractivity contribution >= 4 is 33.2 Å². The highest BCUT2D eigenvalue weighted by Crippen LogP contribution is 2.58. The lowest BCUT2D eigenvalue weighted by Crippen LogP contribution is -2.43. The number of benzene rings is 3. The third kappa shape index (κ3) is 3.81. The van der Waals surface area contributed by atoms with Gasteiger partial charge in [-0.2, -0.15) is 0 Å². The van der Waals surface area contributed by atoms with Crippen LogP contribution in [0.5, 0.6) is 0 Å². The van der Waals surface area contributed by atoms with Crippen molar-refractivity contribution in [3.05, 3.63) is 88.5 Å². The van der Waals surface area contributed by atoms with E-state index in [0.29, 0.717) is 18.9 Å². The Balaban J connectivity index is 1.72. The number of fused-ring (bicyclic) bond motifs is 3. The first kappa shape index (κ1) is 23.5. The van der Waals surface area contributed by atoms with Crippen molar-refractivity contribution in [1.82, 2.24) is 0 Å². The molecule has 0 bridgehead atoms. The molecule has 0 unspecified atom stereocenters. The Morgan fingerprint density at radius 2 is 1.67 bits per heavy atom. The largest absolute Gasteiger partial charge is 0.348 e. The number of hydrogen-bond acceptors (Lipinski definition) is 4. The highest BCUT2D eigenvalue weighted by molar-refractivity contribution is 8.00. The molecule has 3 aliphatic rings. The van der Waals surface area contributed by atoms with Gasteiger partial charge in [-0.3, -0.25) is 4.31 Å². The van der Waals surface area contributed by atoms with Gasteiger partial charge < -0.3 is 4.90 Å². The molecule has 2 atom stereocenters. The van der Waals surface area contributed by atoms with Crippen LogP contribution in [-0.4, -0.2) is 26.6 Å². The summed E-state index contributed by atoms with van der Waals surface area (Å²) in [6.45, 7) is 4.50. The minimum absolute atomic E-state index is 0.0890. The smallest absolute Gasteiger partial charge is 0.232 e. The monoisotopic (exact) mass is 514 g/mol. The van der Waals surface area contributed by atoms with E-state index in [2.05, 4.69) is 78.3 Å². The fraction of sp³-hybridized carbons (Fsp3) is 0.333. The van der Waals surface area contributed by atoms with Gasteiger partial charge in [-0.05, 0) is 67.9 Å². The quantitative estimate of drug-likeness (QED) is 0.393. The number of anilines is 2. The van der Waals surface area contributed by atoms with Gasteiger partial charge in [0, 0.05) is 28.3 Å². The Morgan fingerprint density at radius 1 is 1.00 bits per heavy atom. The lowest BCUT2D eigenvalue weighted by Gasteiger charge is -2.46. The minimum Gasteiger partial charge on any atom is -0.348 e. The summed E-state index contributed by atoms with van der Waals surface area (Å²) in [4.78, 5) is 3.77. The molecule has 2 aliphatic heterocycles. The number of hydrogen-bond donors (Lipinski definition) is 0. The van der Waals surface area contributed by atoms with Crippen LogP contribution in [-0.2, 0) is 16.4 Å². The van der Waals surface area contributed by atoms with Crippen molar-refractivity contribution < 1.29 is 8.42 Å². The molecule has 1 saturated carbocycles. The van der Waals surface area contributed by atoms with Gasteiger partial charge in [-0.25, -0.2) is 8.42 Å². The highest BCUT2D eigenvalue weighted by Gasteiger charge is 2.47. The molecule has 0 radical (unpaired) electrons. The van der Waals surface area contributed by atoms with E-state index in [1.165, 1.54) is 40.8 Å². The molecule has 3 aromatic carbocycles. The average Bonchev–Trinajstić information content (AvgIpc) is 3.63. The zero-order chi connectivity index (χ0) is 25.0. The summed E-state index contributed by atoms with van der Waals surface area (Å²) >= 11 is 1.91. The van der Waals surface area contributed by atoms with Gasteiger partial charge in [-0.1, -0.05) is 54.5 Å². The van der Waals surface area contributed by atoms with Gasteiger partial charge in [0.15, 0.2) is 0 Å². The fourth-order valence-corrected chi connectivity index (χ4v) is 8.48. The number of nitrogens with zero attached hydrogens (tertiary/aromatic N) is 2. The van der Waals surface area contributed by atoms with E-state index in [4.69, 9.17) is 0 Å². The van der Waals surface area contributed by atoms with E-state index >= 15 is 0 Å². The van der Waals surface area contributed by atoms with Crippen molar-refractivity contribution in [2.75, 3.05) is 22.0 Å². The van der Waals surface area contributed by atoms with Crippen LogP contribution in [0.25, 0.3) is 0 Å². The van der Waals surface area contributed by atoms with Crippen molar-refractivity contribution in [2.24, 2.45) is 5.92 Å². The zero-order valence-corrected chi connectivity index (χ0v) is 22.5. The minimum atomic E-state index is -3.44. The molecular weight excluding hydrogens is 484 g/mol. The van der Waals surface area contributed by atoms with Crippen LogP contribution in [0.4, 0.5) is 11.4 Å². The molecule has 6 heteroatoms. The van der Waals surface area contributed by atoms with Gasteiger partial charge in [0.25, 0.3) is 0 Å². The third-order valence-corrected chi connectivity index (χ3v) is 10.3. The second-order valence-electron chi connectivity index (χ2n) is 9.93. The Morgan fingerprint density at radius 3 is 2.28 bits per heavy atom. The van der Waals surface area contributed by atoms with Crippen LogP contribution < -0.4 is 9.21 Å². The molecule has 1 fully saturated rings. The van der Waals surface area contributed by atoms with E-state index < -0.39 is 10.0 Å². The highest BCUT2D eigenvalue weighted by atomic mass is 32.2. The van der Waals surface area contributed by atoms with Gasteiger partial charge in [0.2, 0.25) is 10.0 Å². The number of thioether (sulfide) groups is 1. The molecule has 184 valence electrons. The summed E-state index contributed by atoms with van der Waals surface area (Å²) in [6.07, 6.45) is 4.46. The molecule has 0 spiro atoms. The van der Waals surface area contributed by atoms with Gasteiger partial charge in [-0.15, -0.1) is 17.7 Å². The standard InChI is InChI=1S/C30H30N2O2S2/c1-4-11-24-20(2)29-26(28-25(24)18-19-31(28)36(3,33)34)27(21-12-7-5-8-13-21)32(23-14-9-6-10-15-23)30(35-29)22-16-17-22/h5-10,12-15,22,27,30H,16-19H2,1-3H3/t27-,30+/m0/s1. The Kier molecular flexibility index (Phi) is 5.81. The molecular formula is C30H30N2O2S2. The molecule has 0 amide bonds. The first-order valence-electron chi connectivity index (χ1n) is 12.5. The Hall–Kier alpha value is -2.88. The SMILES string of the molecule is CC#Cc1c(C)c2c(c3c1CCN3S(C)(=O)=O)[C@H](c1ccccc1)N(c1ccccc1)[C@@H](C1CC1)S2. The lowest BCUT2D eigenvalue weighted by atomic mass is 9.88. The van der Waals surface area contributed by atoms with Crippen molar-refractivity contribution in [1.29, 1.82) is 0 Å². The summed E-state index contributed by atoms with van der Waals surface area (Å²) in [5.41, 5.74) is 7.61. The molecule has 3 aromatic rings. The second-order valence-corrected chi connectivity index (χ2v) is 13.0. The third-order valence-electron chi connectivity index (χ3n) is 7.53. The topological polar surface area (TPSA) is 40.6 Å². The van der Waals surface area contributed by atoms with Crippen LogP contribution in [0.15, 0.2) is 65.6 Å². The van der Waals surface area contributed by atoms with E-state index in [1.54, 1.807) is 4.31 Å². The summed E-state index contributed by atoms with van der Waals surface area (Å²) in [5, 5.41) is 0.275. The van der Waals surface area contributed by atoms with Crippen LogP contribution >= 0.6 is 11.8 Å². The molecule has 6 rings (SSSR count). The Labute approximate surface area is 218 Å². The van der Waals surface area contributed by atoms with E-state index in [1.807, 2.05) is 24.8 Å². The predicted molar refractivity (Wildman–Crippen MR) is 149 cm³/mol. The van der Waals surface area contributed by atoms with Crippen molar-refractivity contribution in [3.8, 4) is 11.8 Å². The summed E-state index contributed by atoms with van der Waals surface area (Å²) in [5.74, 6) is 7.06. The maximum atomic E-state index is 13.1. The molecule has 4 nitrogen and oxygen atoms in total. The number of para-hydroxylation sites is 1. The number of rotatable bonds is 4. The maximum Gasteiger partial charge on any atom is 0.232 e. The first-order valence-corrected chi connectivity index (χ1v) is 15.3. The van der Waals surface area contributed by atoms with Crippen LogP contribution in [0.2, 0.25) is 0 Å². The zero-order valence-electron chi connectivity index (χ0n) is 20.9.